The molecule has 0 spiro atoms. The van der Waals surface area contributed by atoms with Crippen molar-refractivity contribution in [1.29, 1.82) is 0 Å². The first-order chi connectivity index (χ1) is 5.74. The Bertz CT molecular complexity index is 249. The Labute approximate surface area is 78.6 Å². The van der Waals surface area contributed by atoms with Crippen LogP contribution < -0.4 is 5.73 Å². The van der Waals surface area contributed by atoms with Crippen LogP contribution >= 0.6 is 23.1 Å². The third-order valence-corrected chi connectivity index (χ3v) is 3.47. The molecule has 1 rings (SSSR count). The van der Waals surface area contributed by atoms with Gasteiger partial charge in [0.2, 0.25) is 5.91 Å². The Morgan fingerprint density at radius 1 is 1.92 bits per heavy atom. The Morgan fingerprint density at radius 3 is 3.08 bits per heavy atom. The second-order valence-electron chi connectivity index (χ2n) is 2.12. The number of hydrogen-bond acceptors (Lipinski definition) is 5. The third kappa shape index (κ3) is 2.46. The number of carbonyl (C=O) groups excluding carboxylic acids is 1. The maximum atomic E-state index is 10.8. The summed E-state index contributed by atoms with van der Waals surface area (Å²) in [4.78, 5) is 10.8. The van der Waals surface area contributed by atoms with Gasteiger partial charge in [0.05, 0.1) is 5.25 Å². The summed E-state index contributed by atoms with van der Waals surface area (Å²) in [5.41, 5.74) is 6.80. The summed E-state index contributed by atoms with van der Waals surface area (Å²) in [6.07, 6.45) is 0.722. The lowest BCUT2D eigenvalue weighted by Gasteiger charge is -2.05. The van der Waals surface area contributed by atoms with E-state index >= 15 is 0 Å². The van der Waals surface area contributed by atoms with Crippen molar-refractivity contribution < 1.29 is 4.79 Å². The fraction of sp³-hybridized carbons (Fsp3) is 0.500. The molecule has 6 heteroatoms. The van der Waals surface area contributed by atoms with Crippen molar-refractivity contribution in [2.75, 3.05) is 0 Å². The number of nitrogens with zero attached hydrogens (tertiary/aromatic N) is 2. The molecule has 4 nitrogen and oxygen atoms in total. The van der Waals surface area contributed by atoms with Crippen LogP contribution in [0.2, 0.25) is 0 Å². The molecule has 1 aromatic heterocycles. The molecule has 1 heterocycles. The SMILES string of the molecule is CCC(Sc1nncs1)C(N)=O. The summed E-state index contributed by atoms with van der Waals surface area (Å²) in [5, 5.41) is 7.29. The van der Waals surface area contributed by atoms with Gasteiger partial charge in [-0.3, -0.25) is 4.79 Å². The lowest BCUT2D eigenvalue weighted by molar-refractivity contribution is -0.117. The maximum Gasteiger partial charge on any atom is 0.230 e. The highest BCUT2D eigenvalue weighted by Gasteiger charge is 2.15. The van der Waals surface area contributed by atoms with Crippen LogP contribution in [0, 0.1) is 0 Å². The molecule has 1 unspecified atom stereocenters. The van der Waals surface area contributed by atoms with E-state index in [1.807, 2.05) is 6.92 Å². The highest BCUT2D eigenvalue weighted by molar-refractivity contribution is 8.02. The number of hydrogen-bond donors (Lipinski definition) is 1. The fourth-order valence-corrected chi connectivity index (χ4v) is 2.28. The van der Waals surface area contributed by atoms with Crippen molar-refractivity contribution in [3.05, 3.63) is 5.51 Å². The smallest absolute Gasteiger partial charge is 0.230 e. The zero-order valence-corrected chi connectivity index (χ0v) is 8.19. The molecule has 1 amide bonds. The average molecular weight is 203 g/mol. The van der Waals surface area contributed by atoms with Crippen LogP contribution in [0.3, 0.4) is 0 Å². The van der Waals surface area contributed by atoms with Gasteiger partial charge in [0.15, 0.2) is 4.34 Å². The predicted molar refractivity (Wildman–Crippen MR) is 49.0 cm³/mol. The molecule has 2 N–H and O–H groups in total. The van der Waals surface area contributed by atoms with Crippen molar-refractivity contribution in [1.82, 2.24) is 10.2 Å². The minimum absolute atomic E-state index is 0.182. The first-order valence-electron chi connectivity index (χ1n) is 3.46. The molecular formula is C6H9N3OS2. The Morgan fingerprint density at radius 2 is 2.67 bits per heavy atom. The van der Waals surface area contributed by atoms with Crippen LogP contribution in [0.25, 0.3) is 0 Å². The van der Waals surface area contributed by atoms with Gasteiger partial charge in [-0.25, -0.2) is 0 Å². The van der Waals surface area contributed by atoms with E-state index in [-0.39, 0.29) is 11.2 Å². The number of nitrogens with two attached hydrogens (primary N) is 1. The molecule has 0 fully saturated rings. The first kappa shape index (κ1) is 9.47. The second-order valence-corrected chi connectivity index (χ2v) is 4.40. The summed E-state index contributed by atoms with van der Waals surface area (Å²) in [7, 11) is 0. The molecule has 0 radical (unpaired) electrons. The molecule has 0 aliphatic heterocycles. The largest absolute Gasteiger partial charge is 0.369 e. The molecule has 0 aliphatic rings. The van der Waals surface area contributed by atoms with Gasteiger partial charge in [-0.15, -0.1) is 10.2 Å². The fourth-order valence-electron chi connectivity index (χ4n) is 0.679. The summed E-state index contributed by atoms with van der Waals surface area (Å²) in [6.45, 7) is 1.92. The molecule has 0 saturated heterocycles. The van der Waals surface area contributed by atoms with Gasteiger partial charge in [0.25, 0.3) is 0 Å². The van der Waals surface area contributed by atoms with E-state index in [2.05, 4.69) is 10.2 Å². The van der Waals surface area contributed by atoms with Gasteiger partial charge in [-0.2, -0.15) is 0 Å². The zero-order valence-electron chi connectivity index (χ0n) is 6.56. The van der Waals surface area contributed by atoms with Crippen LogP contribution in [0.5, 0.6) is 0 Å². The number of primary amides is 1. The Hall–Kier alpha value is -0.620. The maximum absolute atomic E-state index is 10.8. The topological polar surface area (TPSA) is 68.9 Å². The molecule has 1 aromatic rings. The van der Waals surface area contributed by atoms with Crippen molar-refractivity contribution >= 4 is 29.0 Å². The van der Waals surface area contributed by atoms with Crippen molar-refractivity contribution in [3.63, 3.8) is 0 Å². The van der Waals surface area contributed by atoms with Crippen molar-refractivity contribution in [3.8, 4) is 0 Å². The van der Waals surface area contributed by atoms with Gasteiger partial charge in [0.1, 0.15) is 5.51 Å². The van der Waals surface area contributed by atoms with Gasteiger partial charge < -0.3 is 5.73 Å². The van der Waals surface area contributed by atoms with Crippen LogP contribution in [-0.4, -0.2) is 21.4 Å². The van der Waals surface area contributed by atoms with Crippen LogP contribution in [0.1, 0.15) is 13.3 Å². The number of amides is 1. The second kappa shape index (κ2) is 4.42. The molecule has 66 valence electrons. The van der Waals surface area contributed by atoms with E-state index in [4.69, 9.17) is 5.73 Å². The lowest BCUT2D eigenvalue weighted by atomic mass is 10.3. The Kier molecular flexibility index (Phi) is 3.48. The molecule has 12 heavy (non-hydrogen) atoms. The number of rotatable bonds is 4. The highest BCUT2D eigenvalue weighted by Crippen LogP contribution is 2.25. The van der Waals surface area contributed by atoms with E-state index in [0.717, 1.165) is 10.8 Å². The number of aromatic nitrogens is 2. The molecule has 0 aromatic carbocycles. The quantitative estimate of drug-likeness (QED) is 0.738. The van der Waals surface area contributed by atoms with Crippen LogP contribution in [-0.2, 0) is 4.79 Å². The van der Waals surface area contributed by atoms with E-state index in [0.29, 0.717) is 0 Å². The van der Waals surface area contributed by atoms with E-state index < -0.39 is 0 Å². The minimum atomic E-state index is -0.294. The zero-order chi connectivity index (χ0) is 8.97. The van der Waals surface area contributed by atoms with Gasteiger partial charge >= 0.3 is 0 Å². The van der Waals surface area contributed by atoms with E-state index in [1.165, 1.54) is 23.1 Å². The summed E-state index contributed by atoms with van der Waals surface area (Å²) < 4.78 is 0.792. The van der Waals surface area contributed by atoms with Crippen LogP contribution in [0.15, 0.2) is 9.85 Å². The van der Waals surface area contributed by atoms with Gasteiger partial charge in [-0.1, -0.05) is 30.0 Å². The summed E-state index contributed by atoms with van der Waals surface area (Å²) in [6, 6.07) is 0. The summed E-state index contributed by atoms with van der Waals surface area (Å²) >= 11 is 2.79. The van der Waals surface area contributed by atoms with Gasteiger partial charge in [0, 0.05) is 0 Å². The highest BCUT2D eigenvalue weighted by atomic mass is 32.2. The van der Waals surface area contributed by atoms with Crippen LogP contribution in [0.4, 0.5) is 0 Å². The summed E-state index contributed by atoms with van der Waals surface area (Å²) in [5.74, 6) is -0.294. The molecule has 1 atom stereocenters. The average Bonchev–Trinajstić information content (AvgIpc) is 2.51. The monoisotopic (exact) mass is 203 g/mol. The minimum Gasteiger partial charge on any atom is -0.369 e. The van der Waals surface area contributed by atoms with E-state index in [9.17, 15) is 4.79 Å². The Balaban J connectivity index is 2.54. The van der Waals surface area contributed by atoms with Crippen molar-refractivity contribution in [2.24, 2.45) is 5.73 Å². The molecule has 0 bridgehead atoms. The van der Waals surface area contributed by atoms with Crippen molar-refractivity contribution in [2.45, 2.75) is 22.9 Å². The number of thioether (sulfide) groups is 1. The molecule has 0 saturated carbocycles. The first-order valence-corrected chi connectivity index (χ1v) is 5.22. The standard InChI is InChI=1S/C6H9N3OS2/c1-2-4(5(7)10)12-6-9-8-3-11-6/h3-4H,2H2,1H3,(H2,7,10). The van der Waals surface area contributed by atoms with E-state index in [1.54, 1.807) is 5.51 Å². The molecular weight excluding hydrogens is 194 g/mol. The normalized spacial score (nSPS) is 12.8. The number of carbonyl (C=O) groups is 1. The predicted octanol–water partition coefficient (Wildman–Crippen LogP) is 0.894. The third-order valence-electron chi connectivity index (χ3n) is 1.27. The lowest BCUT2D eigenvalue weighted by Crippen LogP contribution is -2.24. The van der Waals surface area contributed by atoms with Gasteiger partial charge in [-0.05, 0) is 6.42 Å². The molecule has 0 aliphatic carbocycles.